The second-order valence-electron chi connectivity index (χ2n) is 4.98. The Morgan fingerprint density at radius 3 is 2.75 bits per heavy atom. The monoisotopic (exact) mass is 335 g/mol. The van der Waals surface area contributed by atoms with Crippen molar-refractivity contribution in [2.24, 2.45) is 0 Å². The van der Waals surface area contributed by atoms with Crippen molar-refractivity contribution in [1.82, 2.24) is 5.32 Å². The van der Waals surface area contributed by atoms with Gasteiger partial charge in [-0.1, -0.05) is 12.1 Å². The molecule has 0 radical (unpaired) electrons. The molecule has 104 valence electrons. The topological polar surface area (TPSA) is 21.3 Å². The number of hydrogen-bond donors (Lipinski definition) is 1. The molecule has 1 fully saturated rings. The summed E-state index contributed by atoms with van der Waals surface area (Å²) in [6.45, 7) is 0.675. The van der Waals surface area contributed by atoms with Crippen LogP contribution in [0.3, 0.4) is 0 Å². The van der Waals surface area contributed by atoms with Crippen LogP contribution in [-0.2, 0) is 6.54 Å². The van der Waals surface area contributed by atoms with Crippen molar-refractivity contribution in [2.45, 2.75) is 25.4 Å². The van der Waals surface area contributed by atoms with Gasteiger partial charge >= 0.3 is 0 Å². The minimum Gasteiger partial charge on any atom is -0.456 e. The van der Waals surface area contributed by atoms with Crippen LogP contribution in [0.2, 0.25) is 0 Å². The van der Waals surface area contributed by atoms with Gasteiger partial charge in [-0.05, 0) is 58.6 Å². The molecule has 3 rings (SSSR count). The van der Waals surface area contributed by atoms with E-state index in [0.29, 0.717) is 24.1 Å². The molecule has 0 unspecified atom stereocenters. The second-order valence-corrected chi connectivity index (χ2v) is 5.84. The highest BCUT2D eigenvalue weighted by atomic mass is 79.9. The highest BCUT2D eigenvalue weighted by molar-refractivity contribution is 9.10. The predicted octanol–water partition coefficient (Wildman–Crippen LogP) is 4.63. The van der Waals surface area contributed by atoms with E-state index in [1.165, 1.54) is 18.9 Å². The molecule has 4 heteroatoms. The summed E-state index contributed by atoms with van der Waals surface area (Å²) in [6.07, 6.45) is 2.44. The fourth-order valence-corrected chi connectivity index (χ4v) is 2.35. The van der Waals surface area contributed by atoms with E-state index in [1.807, 2.05) is 30.3 Å². The highest BCUT2D eigenvalue weighted by Crippen LogP contribution is 2.30. The maximum absolute atomic E-state index is 13.7. The first kappa shape index (κ1) is 13.6. The van der Waals surface area contributed by atoms with Crippen LogP contribution in [0.4, 0.5) is 4.39 Å². The zero-order chi connectivity index (χ0) is 13.9. The number of ether oxygens (including phenoxy) is 1. The Labute approximate surface area is 126 Å². The van der Waals surface area contributed by atoms with Crippen molar-refractivity contribution >= 4 is 15.9 Å². The summed E-state index contributed by atoms with van der Waals surface area (Å²) in [7, 11) is 0. The lowest BCUT2D eigenvalue weighted by Gasteiger charge is -2.10. The highest BCUT2D eigenvalue weighted by Gasteiger charge is 2.20. The van der Waals surface area contributed by atoms with Crippen molar-refractivity contribution in [3.63, 3.8) is 0 Å². The van der Waals surface area contributed by atoms with Gasteiger partial charge in [-0.25, -0.2) is 4.39 Å². The summed E-state index contributed by atoms with van der Waals surface area (Å²) in [5.74, 6) is 0.922. The third kappa shape index (κ3) is 3.58. The zero-order valence-corrected chi connectivity index (χ0v) is 12.5. The summed E-state index contributed by atoms with van der Waals surface area (Å²) in [4.78, 5) is 0. The number of hydrogen-bond acceptors (Lipinski definition) is 2. The number of rotatable bonds is 5. The normalized spacial score (nSPS) is 14.3. The smallest absolute Gasteiger partial charge is 0.141 e. The quantitative estimate of drug-likeness (QED) is 0.859. The Morgan fingerprint density at radius 2 is 2.00 bits per heavy atom. The van der Waals surface area contributed by atoms with E-state index in [4.69, 9.17) is 4.74 Å². The molecule has 2 aromatic carbocycles. The number of para-hydroxylation sites is 1. The van der Waals surface area contributed by atoms with E-state index >= 15 is 0 Å². The molecule has 0 bridgehead atoms. The van der Waals surface area contributed by atoms with Gasteiger partial charge in [-0.15, -0.1) is 0 Å². The molecular weight excluding hydrogens is 321 g/mol. The van der Waals surface area contributed by atoms with E-state index < -0.39 is 0 Å². The summed E-state index contributed by atoms with van der Waals surface area (Å²) in [5, 5.41) is 3.37. The number of benzene rings is 2. The molecule has 0 saturated heterocycles. The average molecular weight is 336 g/mol. The summed E-state index contributed by atoms with van der Waals surface area (Å²) in [5.41, 5.74) is 0.902. The lowest BCUT2D eigenvalue weighted by Crippen LogP contribution is -2.15. The van der Waals surface area contributed by atoms with E-state index in [9.17, 15) is 4.39 Å². The van der Waals surface area contributed by atoms with Crippen molar-refractivity contribution < 1.29 is 9.13 Å². The fourth-order valence-electron chi connectivity index (χ4n) is 1.99. The Bertz CT molecular complexity index is 613. The Balaban J connectivity index is 1.76. The van der Waals surface area contributed by atoms with Gasteiger partial charge in [0.2, 0.25) is 0 Å². The van der Waals surface area contributed by atoms with Gasteiger partial charge in [0, 0.05) is 18.7 Å². The lowest BCUT2D eigenvalue weighted by molar-refractivity contribution is 0.472. The van der Waals surface area contributed by atoms with Gasteiger partial charge in [-0.2, -0.15) is 0 Å². The van der Waals surface area contributed by atoms with E-state index in [-0.39, 0.29) is 5.82 Å². The van der Waals surface area contributed by atoms with E-state index in [2.05, 4.69) is 21.2 Å². The largest absolute Gasteiger partial charge is 0.456 e. The lowest BCUT2D eigenvalue weighted by atomic mass is 10.2. The van der Waals surface area contributed by atoms with Gasteiger partial charge in [-0.3, -0.25) is 0 Å². The molecule has 1 aliphatic rings. The fraction of sp³-hybridized carbons (Fsp3) is 0.250. The maximum atomic E-state index is 13.7. The number of nitrogens with one attached hydrogen (secondary N) is 1. The third-order valence-corrected chi connectivity index (χ3v) is 3.82. The van der Waals surface area contributed by atoms with Crippen LogP contribution in [-0.4, -0.2) is 6.04 Å². The van der Waals surface area contributed by atoms with Crippen molar-refractivity contribution in [3.8, 4) is 11.5 Å². The van der Waals surface area contributed by atoms with E-state index in [1.54, 1.807) is 6.07 Å². The summed E-state index contributed by atoms with van der Waals surface area (Å²) < 4.78 is 20.2. The molecule has 0 heterocycles. The zero-order valence-electron chi connectivity index (χ0n) is 10.9. The standard InChI is InChI=1S/C16H15BrFNO/c17-15-3-1-2-4-16(15)20-14-8-11(7-12(18)9-14)10-19-13-5-6-13/h1-4,7-9,13,19H,5-6,10H2. The van der Waals surface area contributed by atoms with Crippen LogP contribution in [0.5, 0.6) is 11.5 Å². The molecule has 0 aliphatic heterocycles. The summed E-state index contributed by atoms with van der Waals surface area (Å²) >= 11 is 3.42. The Hall–Kier alpha value is -1.39. The predicted molar refractivity (Wildman–Crippen MR) is 80.5 cm³/mol. The first-order valence-corrected chi connectivity index (χ1v) is 7.45. The van der Waals surface area contributed by atoms with Gasteiger partial charge in [0.05, 0.1) is 4.47 Å². The van der Waals surface area contributed by atoms with Crippen molar-refractivity contribution in [1.29, 1.82) is 0 Å². The molecule has 0 aromatic heterocycles. The van der Waals surface area contributed by atoms with Crippen LogP contribution >= 0.6 is 15.9 Å². The van der Waals surface area contributed by atoms with Gasteiger partial charge in [0.25, 0.3) is 0 Å². The van der Waals surface area contributed by atoms with Gasteiger partial charge in [0.1, 0.15) is 17.3 Å². The van der Waals surface area contributed by atoms with Crippen molar-refractivity contribution in [2.75, 3.05) is 0 Å². The van der Waals surface area contributed by atoms with Crippen LogP contribution in [0.1, 0.15) is 18.4 Å². The van der Waals surface area contributed by atoms with E-state index in [0.717, 1.165) is 10.0 Å². The first-order chi connectivity index (χ1) is 9.70. The molecule has 0 amide bonds. The average Bonchev–Trinajstić information content (AvgIpc) is 3.23. The Morgan fingerprint density at radius 1 is 1.20 bits per heavy atom. The van der Waals surface area contributed by atoms with Gasteiger partial charge < -0.3 is 10.1 Å². The minimum atomic E-state index is -0.276. The molecule has 1 saturated carbocycles. The molecule has 2 aromatic rings. The first-order valence-electron chi connectivity index (χ1n) is 6.66. The van der Waals surface area contributed by atoms with Crippen LogP contribution < -0.4 is 10.1 Å². The summed E-state index contributed by atoms with van der Waals surface area (Å²) in [6, 6.07) is 13.0. The molecule has 1 N–H and O–H groups in total. The minimum absolute atomic E-state index is 0.276. The molecule has 0 atom stereocenters. The Kier molecular flexibility index (Phi) is 4.03. The molecule has 20 heavy (non-hydrogen) atoms. The molecule has 2 nitrogen and oxygen atoms in total. The van der Waals surface area contributed by atoms with Crippen LogP contribution in [0, 0.1) is 5.82 Å². The van der Waals surface area contributed by atoms with Gasteiger partial charge in [0.15, 0.2) is 0 Å². The second kappa shape index (κ2) is 5.94. The van der Waals surface area contributed by atoms with Crippen LogP contribution in [0.15, 0.2) is 46.9 Å². The molecule has 1 aliphatic carbocycles. The third-order valence-electron chi connectivity index (χ3n) is 3.17. The SMILES string of the molecule is Fc1cc(CNC2CC2)cc(Oc2ccccc2Br)c1. The van der Waals surface area contributed by atoms with Crippen molar-refractivity contribution in [3.05, 3.63) is 58.3 Å². The molecule has 0 spiro atoms. The van der Waals surface area contributed by atoms with Crippen LogP contribution in [0.25, 0.3) is 0 Å². The number of halogens is 2. The maximum Gasteiger partial charge on any atom is 0.141 e. The molecular formula is C16H15BrFNO.